The monoisotopic (exact) mass is 322 g/mol. The van der Waals surface area contributed by atoms with Crippen LogP contribution in [0.2, 0.25) is 0 Å². The van der Waals surface area contributed by atoms with E-state index in [4.69, 9.17) is 17.0 Å². The van der Waals surface area contributed by atoms with Gasteiger partial charge in [0.25, 0.3) is 0 Å². The summed E-state index contributed by atoms with van der Waals surface area (Å²) in [5, 5.41) is 2.90. The smallest absolute Gasteiger partial charge is 0.337 e. The number of ether oxygens (including phenoxy) is 1. The van der Waals surface area contributed by atoms with Crippen LogP contribution in [0.25, 0.3) is 0 Å². The summed E-state index contributed by atoms with van der Waals surface area (Å²) < 4.78 is 19.0. The molecule has 1 amide bonds. The average molecular weight is 322 g/mol. The summed E-state index contributed by atoms with van der Waals surface area (Å²) in [7, 11) is 1.23. The molecule has 0 fully saturated rings. The average Bonchev–Trinajstić information content (AvgIpc) is 2.45. The number of carbonyl (C=O) groups is 2. The van der Waals surface area contributed by atoms with Crippen LogP contribution in [0.3, 0.4) is 0 Å². The van der Waals surface area contributed by atoms with Crippen molar-refractivity contribution in [2.45, 2.75) is 19.9 Å². The lowest BCUT2D eigenvalue weighted by atomic mass is 9.93. The fourth-order valence-electron chi connectivity index (χ4n) is 2.43. The Morgan fingerprint density at radius 1 is 1.36 bits per heavy atom. The molecule has 0 saturated heterocycles. The van der Waals surface area contributed by atoms with E-state index in [1.165, 1.54) is 37.1 Å². The fraction of sp³-hybridized carbons (Fsp3) is 0.267. The first kappa shape index (κ1) is 16.1. The topological polar surface area (TPSA) is 58.6 Å². The molecular weight excluding hydrogens is 307 g/mol. The number of halogens is 1. The summed E-state index contributed by atoms with van der Waals surface area (Å²) >= 11 is 5.16. The second-order valence-corrected chi connectivity index (χ2v) is 5.16. The van der Waals surface area contributed by atoms with Crippen molar-refractivity contribution < 1.29 is 18.7 Å². The van der Waals surface area contributed by atoms with Crippen LogP contribution in [0.1, 0.15) is 25.5 Å². The van der Waals surface area contributed by atoms with Gasteiger partial charge in [-0.2, -0.15) is 0 Å². The zero-order chi connectivity index (χ0) is 16.4. The summed E-state index contributed by atoms with van der Waals surface area (Å²) in [6, 6.07) is 4.99. The number of rotatable bonds is 2. The SMILES string of the molecule is COC(=O)C1=C(C)NC(=S)N(C(C)=O)[C@@H]1c1ccccc1F. The Labute approximate surface area is 132 Å². The lowest BCUT2D eigenvalue weighted by Gasteiger charge is -2.37. The van der Waals surface area contributed by atoms with Crippen LogP contribution in [0.5, 0.6) is 0 Å². The highest BCUT2D eigenvalue weighted by Crippen LogP contribution is 2.35. The Balaban J connectivity index is 2.71. The molecule has 0 saturated carbocycles. The van der Waals surface area contributed by atoms with Crippen LogP contribution >= 0.6 is 12.2 Å². The fourth-order valence-corrected chi connectivity index (χ4v) is 2.82. The van der Waals surface area contributed by atoms with Crippen molar-refractivity contribution in [2.24, 2.45) is 0 Å². The third-order valence-electron chi connectivity index (χ3n) is 3.39. The molecule has 0 bridgehead atoms. The van der Waals surface area contributed by atoms with E-state index in [9.17, 15) is 14.0 Å². The minimum Gasteiger partial charge on any atom is -0.466 e. The lowest BCUT2D eigenvalue weighted by Crippen LogP contribution is -2.50. The van der Waals surface area contributed by atoms with Crippen molar-refractivity contribution in [3.8, 4) is 0 Å². The molecule has 1 aromatic carbocycles. The van der Waals surface area contributed by atoms with E-state index in [1.807, 2.05) is 0 Å². The van der Waals surface area contributed by atoms with Crippen molar-refractivity contribution in [3.05, 3.63) is 46.9 Å². The maximum Gasteiger partial charge on any atom is 0.337 e. The third-order valence-corrected chi connectivity index (χ3v) is 3.69. The number of nitrogens with one attached hydrogen (secondary N) is 1. The van der Waals surface area contributed by atoms with Crippen LogP contribution in [-0.4, -0.2) is 29.0 Å². The molecule has 2 rings (SSSR count). The van der Waals surface area contributed by atoms with Crippen LogP contribution in [-0.2, 0) is 14.3 Å². The molecule has 0 spiro atoms. The van der Waals surface area contributed by atoms with E-state index in [2.05, 4.69) is 5.32 Å². The number of methoxy groups -OCH3 is 1. The number of carbonyl (C=O) groups excluding carboxylic acids is 2. The van der Waals surface area contributed by atoms with Gasteiger partial charge in [-0.25, -0.2) is 9.18 Å². The van der Waals surface area contributed by atoms with E-state index in [1.54, 1.807) is 13.0 Å². The molecule has 22 heavy (non-hydrogen) atoms. The Morgan fingerprint density at radius 2 is 2.00 bits per heavy atom. The minimum absolute atomic E-state index is 0.117. The molecule has 5 nitrogen and oxygen atoms in total. The molecule has 1 heterocycles. The number of hydrogen-bond acceptors (Lipinski definition) is 4. The zero-order valence-electron chi connectivity index (χ0n) is 12.3. The predicted molar refractivity (Wildman–Crippen MR) is 82.1 cm³/mol. The second-order valence-electron chi connectivity index (χ2n) is 4.77. The standard InChI is InChI=1S/C15H15FN2O3S/c1-8-12(14(20)21-3)13(10-6-4-5-7-11(10)16)18(9(2)19)15(22)17-8/h4-7,13H,1-3H3,(H,17,22)/t13-/m1/s1. The molecular formula is C15H15FN2O3S. The summed E-state index contributed by atoms with van der Waals surface area (Å²) in [6.07, 6.45) is 0. The highest BCUT2D eigenvalue weighted by molar-refractivity contribution is 7.80. The Hall–Kier alpha value is -2.28. The van der Waals surface area contributed by atoms with E-state index in [0.29, 0.717) is 5.70 Å². The van der Waals surface area contributed by atoms with Crippen LogP contribution in [0.4, 0.5) is 4.39 Å². The van der Waals surface area contributed by atoms with Gasteiger partial charge in [0.05, 0.1) is 12.7 Å². The number of benzene rings is 1. The lowest BCUT2D eigenvalue weighted by molar-refractivity contribution is -0.137. The van der Waals surface area contributed by atoms with E-state index in [-0.39, 0.29) is 16.2 Å². The first-order valence-electron chi connectivity index (χ1n) is 6.52. The van der Waals surface area contributed by atoms with Gasteiger partial charge in [-0.1, -0.05) is 18.2 Å². The number of esters is 1. The number of nitrogens with zero attached hydrogens (tertiary/aromatic N) is 1. The molecule has 1 aliphatic heterocycles. The van der Waals surface area contributed by atoms with Gasteiger partial charge < -0.3 is 10.1 Å². The van der Waals surface area contributed by atoms with Crippen molar-refractivity contribution in [2.75, 3.05) is 7.11 Å². The van der Waals surface area contributed by atoms with Gasteiger partial charge in [0.1, 0.15) is 11.9 Å². The Morgan fingerprint density at radius 3 is 2.55 bits per heavy atom. The highest BCUT2D eigenvalue weighted by atomic mass is 32.1. The molecule has 1 atom stereocenters. The molecule has 0 aromatic heterocycles. The van der Waals surface area contributed by atoms with E-state index < -0.39 is 23.7 Å². The normalized spacial score (nSPS) is 18.1. The first-order chi connectivity index (χ1) is 10.4. The summed E-state index contributed by atoms with van der Waals surface area (Å²) in [5.74, 6) is -1.58. The van der Waals surface area contributed by atoms with Gasteiger partial charge in [-0.3, -0.25) is 9.69 Å². The van der Waals surface area contributed by atoms with Gasteiger partial charge in [0.15, 0.2) is 5.11 Å². The summed E-state index contributed by atoms with van der Waals surface area (Å²) in [6.45, 7) is 2.93. The number of amides is 1. The van der Waals surface area contributed by atoms with Crippen molar-refractivity contribution in [3.63, 3.8) is 0 Å². The zero-order valence-corrected chi connectivity index (χ0v) is 13.2. The van der Waals surface area contributed by atoms with Gasteiger partial charge in [0, 0.05) is 18.2 Å². The highest BCUT2D eigenvalue weighted by Gasteiger charge is 2.39. The first-order valence-corrected chi connectivity index (χ1v) is 6.93. The molecule has 1 aliphatic rings. The number of allylic oxidation sites excluding steroid dienone is 1. The van der Waals surface area contributed by atoms with E-state index in [0.717, 1.165) is 0 Å². The molecule has 0 radical (unpaired) electrons. The maximum atomic E-state index is 14.2. The molecule has 7 heteroatoms. The van der Waals surface area contributed by atoms with Crippen LogP contribution < -0.4 is 5.32 Å². The van der Waals surface area contributed by atoms with Crippen LogP contribution in [0.15, 0.2) is 35.5 Å². The van der Waals surface area contributed by atoms with Gasteiger partial charge in [-0.15, -0.1) is 0 Å². The van der Waals surface area contributed by atoms with Crippen molar-refractivity contribution >= 4 is 29.2 Å². The molecule has 1 N–H and O–H groups in total. The Bertz CT molecular complexity index is 687. The second kappa shape index (κ2) is 6.23. The number of hydrogen-bond donors (Lipinski definition) is 1. The largest absolute Gasteiger partial charge is 0.466 e. The molecule has 0 unspecified atom stereocenters. The predicted octanol–water partition coefficient (Wildman–Crippen LogP) is 2.05. The summed E-state index contributed by atoms with van der Waals surface area (Å²) in [4.78, 5) is 25.3. The van der Waals surface area contributed by atoms with Crippen LogP contribution in [0, 0.1) is 5.82 Å². The Kier molecular flexibility index (Phi) is 4.56. The molecule has 0 aliphatic carbocycles. The summed E-state index contributed by atoms with van der Waals surface area (Å²) in [5.41, 5.74) is 0.764. The maximum absolute atomic E-state index is 14.2. The van der Waals surface area contributed by atoms with Gasteiger partial charge >= 0.3 is 5.97 Å². The molecule has 1 aromatic rings. The third kappa shape index (κ3) is 2.71. The van der Waals surface area contributed by atoms with Gasteiger partial charge in [-0.05, 0) is 25.2 Å². The quantitative estimate of drug-likeness (QED) is 0.667. The van der Waals surface area contributed by atoms with Crippen molar-refractivity contribution in [1.29, 1.82) is 0 Å². The van der Waals surface area contributed by atoms with Crippen molar-refractivity contribution in [1.82, 2.24) is 10.2 Å². The minimum atomic E-state index is -0.958. The van der Waals surface area contributed by atoms with Gasteiger partial charge in [0.2, 0.25) is 5.91 Å². The molecule has 116 valence electrons. The van der Waals surface area contributed by atoms with E-state index >= 15 is 0 Å². The number of thiocarbonyl (C=S) groups is 1.